The van der Waals surface area contributed by atoms with E-state index in [4.69, 9.17) is 16.7 Å². The Bertz CT molecular complexity index is 1260. The molecule has 1 fully saturated rings. The van der Waals surface area contributed by atoms with E-state index < -0.39 is 12.2 Å². The number of carbonyl (C=O) groups is 1. The molecular weight excluding hydrogens is 524 g/mol. The Balaban J connectivity index is 1.74. The van der Waals surface area contributed by atoms with Crippen molar-refractivity contribution in [1.82, 2.24) is 9.80 Å². The Morgan fingerprint density at radius 1 is 1.15 bits per heavy atom. The van der Waals surface area contributed by atoms with E-state index in [-0.39, 0.29) is 6.42 Å². The minimum absolute atomic E-state index is 0.158. The molecule has 8 heteroatoms. The SMILES string of the molecule is CC#C/C(Cl)=C(\C=C/C)N1CCN(C(O)c2ccc(/N=C/C3=CCCC=C3)c(/N=C/CCCCC(=O)O)c2)CC1. The van der Waals surface area contributed by atoms with Gasteiger partial charge in [-0.15, -0.1) is 5.92 Å². The second-order valence-corrected chi connectivity index (χ2v) is 9.99. The number of nitrogens with zero attached hydrogens (tertiary/aromatic N) is 4. The Labute approximate surface area is 243 Å². The van der Waals surface area contributed by atoms with Crippen molar-refractivity contribution >= 4 is 41.4 Å². The van der Waals surface area contributed by atoms with E-state index >= 15 is 0 Å². The van der Waals surface area contributed by atoms with Gasteiger partial charge >= 0.3 is 5.97 Å². The van der Waals surface area contributed by atoms with Crippen molar-refractivity contribution in [2.75, 3.05) is 26.2 Å². The molecule has 0 saturated carbocycles. The summed E-state index contributed by atoms with van der Waals surface area (Å²) in [6, 6.07) is 5.69. The molecule has 0 spiro atoms. The van der Waals surface area contributed by atoms with E-state index in [1.165, 1.54) is 0 Å². The minimum Gasteiger partial charge on any atom is -0.481 e. The number of aliphatic imine (C=N–C) groups is 2. The van der Waals surface area contributed by atoms with Crippen molar-refractivity contribution in [2.24, 2.45) is 9.98 Å². The van der Waals surface area contributed by atoms with Crippen LogP contribution >= 0.6 is 11.6 Å². The highest BCUT2D eigenvalue weighted by molar-refractivity contribution is 6.32. The fourth-order valence-corrected chi connectivity index (χ4v) is 4.81. The fraction of sp³-hybridized carbons (Fsp3) is 0.406. The van der Waals surface area contributed by atoms with Gasteiger partial charge in [-0.05, 0) is 75.3 Å². The van der Waals surface area contributed by atoms with E-state index in [1.807, 2.05) is 54.6 Å². The normalized spacial score (nSPS) is 17.7. The lowest BCUT2D eigenvalue weighted by Crippen LogP contribution is -2.47. The van der Waals surface area contributed by atoms with Crippen molar-refractivity contribution in [2.45, 2.75) is 58.6 Å². The lowest BCUT2D eigenvalue weighted by molar-refractivity contribution is -0.137. The molecule has 1 aromatic rings. The van der Waals surface area contributed by atoms with Crippen LogP contribution < -0.4 is 0 Å². The molecule has 0 radical (unpaired) electrons. The third-order valence-electron chi connectivity index (χ3n) is 6.66. The molecule has 7 nitrogen and oxygen atoms in total. The minimum atomic E-state index is -0.784. The molecule has 3 rings (SSSR count). The van der Waals surface area contributed by atoms with Crippen molar-refractivity contribution in [1.29, 1.82) is 0 Å². The summed E-state index contributed by atoms with van der Waals surface area (Å²) in [7, 11) is 0. The van der Waals surface area contributed by atoms with Crippen LogP contribution in [0.3, 0.4) is 0 Å². The number of hydrogen-bond donors (Lipinski definition) is 2. The van der Waals surface area contributed by atoms with Crippen LogP contribution in [0.4, 0.5) is 11.4 Å². The molecule has 40 heavy (non-hydrogen) atoms. The van der Waals surface area contributed by atoms with Gasteiger partial charge < -0.3 is 15.1 Å². The van der Waals surface area contributed by atoms with Gasteiger partial charge in [0.25, 0.3) is 0 Å². The number of allylic oxidation sites excluding steroid dienone is 7. The van der Waals surface area contributed by atoms with E-state index in [1.54, 1.807) is 6.92 Å². The highest BCUT2D eigenvalue weighted by Gasteiger charge is 2.25. The number of rotatable bonds is 12. The van der Waals surface area contributed by atoms with Crippen LogP contribution in [0.15, 0.2) is 74.9 Å². The van der Waals surface area contributed by atoms with E-state index in [2.05, 4.69) is 45.0 Å². The van der Waals surface area contributed by atoms with Crippen LogP contribution in [0.2, 0.25) is 0 Å². The van der Waals surface area contributed by atoms with Crippen molar-refractivity contribution in [3.63, 3.8) is 0 Å². The lowest BCUT2D eigenvalue weighted by Gasteiger charge is -2.39. The maximum atomic E-state index is 11.3. The standard InChI is InChI=1S/C32H39ClN4O3/c1-3-11-27(33)30(12-4-2)36-19-21-37(22-20-36)32(40)26-16-17-28(35-24-25-13-7-5-8-14-25)29(23-26)34-18-10-6-9-15-31(38)39/h4,7,12-14,16-18,23-24,32,40H,5-6,8-10,15,19-22H2,1-2H3,(H,38,39)/b12-4-,30-27-,34-18+,35-24+. The number of piperazine rings is 1. The summed E-state index contributed by atoms with van der Waals surface area (Å²) in [5.41, 5.74) is 4.11. The number of halogens is 1. The summed E-state index contributed by atoms with van der Waals surface area (Å²) >= 11 is 6.44. The van der Waals surface area contributed by atoms with Crippen LogP contribution in [0.1, 0.15) is 64.2 Å². The summed E-state index contributed by atoms with van der Waals surface area (Å²) in [5.74, 6) is 5.02. The smallest absolute Gasteiger partial charge is 0.303 e. The number of hydrogen-bond acceptors (Lipinski definition) is 6. The molecule has 1 atom stereocenters. The van der Waals surface area contributed by atoms with E-state index in [9.17, 15) is 9.90 Å². The summed E-state index contributed by atoms with van der Waals surface area (Å²) < 4.78 is 0. The Morgan fingerprint density at radius 3 is 2.62 bits per heavy atom. The number of aliphatic carboxylic acids is 1. The van der Waals surface area contributed by atoms with Crippen molar-refractivity contribution in [3.05, 3.63) is 70.4 Å². The number of aliphatic hydroxyl groups is 1. The molecule has 0 bridgehead atoms. The summed E-state index contributed by atoms with van der Waals surface area (Å²) in [6.45, 7) is 6.47. The molecule has 1 unspecified atom stereocenters. The van der Waals surface area contributed by atoms with E-state index in [0.717, 1.165) is 41.8 Å². The molecular formula is C32H39ClN4O3. The topological polar surface area (TPSA) is 88.7 Å². The second-order valence-electron chi connectivity index (χ2n) is 9.61. The molecule has 212 valence electrons. The fourth-order valence-electron chi connectivity index (χ4n) is 4.53. The molecule has 1 saturated heterocycles. The van der Waals surface area contributed by atoms with Gasteiger partial charge in [-0.1, -0.05) is 47.9 Å². The molecule has 1 aliphatic heterocycles. The molecule has 1 heterocycles. The predicted molar refractivity (Wildman–Crippen MR) is 165 cm³/mol. The lowest BCUT2D eigenvalue weighted by atomic mass is 10.1. The van der Waals surface area contributed by atoms with Crippen molar-refractivity contribution < 1.29 is 15.0 Å². The molecule has 0 amide bonds. The molecule has 1 aliphatic carbocycles. The molecule has 2 N–H and O–H groups in total. The number of aliphatic hydroxyl groups excluding tert-OH is 1. The second kappa shape index (κ2) is 16.6. The Kier molecular flexibility index (Phi) is 12.9. The maximum Gasteiger partial charge on any atom is 0.303 e. The quantitative estimate of drug-likeness (QED) is 0.128. The highest BCUT2D eigenvalue weighted by atomic mass is 35.5. The third-order valence-corrected chi connectivity index (χ3v) is 6.95. The van der Waals surface area contributed by atoms with Crippen LogP contribution in [0.5, 0.6) is 0 Å². The Morgan fingerprint density at radius 2 is 1.95 bits per heavy atom. The summed E-state index contributed by atoms with van der Waals surface area (Å²) in [5, 5.41) is 20.6. The van der Waals surface area contributed by atoms with Gasteiger partial charge in [0.05, 0.1) is 17.1 Å². The first-order valence-corrected chi connectivity index (χ1v) is 14.2. The largest absolute Gasteiger partial charge is 0.481 e. The van der Waals surface area contributed by atoms with Gasteiger partial charge in [0.15, 0.2) is 0 Å². The first kappa shape index (κ1) is 31.1. The van der Waals surface area contributed by atoms with Gasteiger partial charge in [0, 0.05) is 45.0 Å². The average Bonchev–Trinajstić information content (AvgIpc) is 2.97. The van der Waals surface area contributed by atoms with Crippen LogP contribution in [0, 0.1) is 11.8 Å². The van der Waals surface area contributed by atoms with Crippen LogP contribution in [0.25, 0.3) is 0 Å². The van der Waals surface area contributed by atoms with Gasteiger partial charge in [0.1, 0.15) is 11.3 Å². The number of unbranched alkanes of at least 4 members (excludes halogenated alkanes) is 2. The van der Waals surface area contributed by atoms with Gasteiger partial charge in [0.2, 0.25) is 0 Å². The number of benzene rings is 1. The zero-order chi connectivity index (χ0) is 28.7. The van der Waals surface area contributed by atoms with Crippen molar-refractivity contribution in [3.8, 4) is 11.8 Å². The predicted octanol–water partition coefficient (Wildman–Crippen LogP) is 6.67. The van der Waals surface area contributed by atoms with E-state index in [0.29, 0.717) is 49.7 Å². The van der Waals surface area contributed by atoms with Crippen LogP contribution in [-0.2, 0) is 4.79 Å². The first-order valence-electron chi connectivity index (χ1n) is 13.8. The molecule has 1 aromatic carbocycles. The highest BCUT2D eigenvalue weighted by Crippen LogP contribution is 2.33. The average molecular weight is 563 g/mol. The van der Waals surface area contributed by atoms with Gasteiger partial charge in [-0.2, -0.15) is 0 Å². The zero-order valence-corrected chi connectivity index (χ0v) is 24.1. The number of carboxylic acids is 1. The summed E-state index contributed by atoms with van der Waals surface area (Å²) in [6.07, 6.45) is 17.4. The number of carboxylic acid groups (broad SMARTS) is 1. The maximum absolute atomic E-state index is 11.3. The molecule has 2 aliphatic rings. The molecule has 0 aromatic heterocycles. The van der Waals surface area contributed by atoms with Gasteiger partial charge in [-0.3, -0.25) is 19.7 Å². The zero-order valence-electron chi connectivity index (χ0n) is 23.4. The monoisotopic (exact) mass is 562 g/mol. The Hall–Kier alpha value is -3.44. The van der Waals surface area contributed by atoms with Gasteiger partial charge in [-0.25, -0.2) is 0 Å². The summed E-state index contributed by atoms with van der Waals surface area (Å²) in [4.78, 5) is 24.4. The first-order chi connectivity index (χ1) is 19.4. The third kappa shape index (κ3) is 9.63. The van der Waals surface area contributed by atoms with Crippen LogP contribution in [-0.4, -0.2) is 64.6 Å².